The molecule has 1 saturated heterocycles. The summed E-state index contributed by atoms with van der Waals surface area (Å²) in [6.07, 6.45) is 3.13. The summed E-state index contributed by atoms with van der Waals surface area (Å²) in [7, 11) is 1.74. The summed E-state index contributed by atoms with van der Waals surface area (Å²) in [6.45, 7) is 0.717. The van der Waals surface area contributed by atoms with Gasteiger partial charge in [0.05, 0.1) is 24.2 Å². The standard InChI is InChI=1S/C21H25NO3/c1-25-21-10-9-17(23)14-19(21)22(12-11-21)20(24)13-16-7-4-6-15-5-2-3-8-18(15)16/h2-8,17,19,23H,9-14H2,1H3. The van der Waals surface area contributed by atoms with Gasteiger partial charge < -0.3 is 14.7 Å². The molecule has 0 bridgehead atoms. The van der Waals surface area contributed by atoms with Gasteiger partial charge in [-0.1, -0.05) is 42.5 Å². The Balaban J connectivity index is 1.58. The fourth-order valence-corrected chi connectivity index (χ4v) is 4.69. The summed E-state index contributed by atoms with van der Waals surface area (Å²) >= 11 is 0. The van der Waals surface area contributed by atoms with Crippen LogP contribution >= 0.6 is 0 Å². The van der Waals surface area contributed by atoms with Crippen LogP contribution in [-0.4, -0.2) is 47.3 Å². The molecule has 2 fully saturated rings. The van der Waals surface area contributed by atoms with Crippen molar-refractivity contribution < 1.29 is 14.6 Å². The van der Waals surface area contributed by atoms with Crippen molar-refractivity contribution in [1.82, 2.24) is 4.90 Å². The highest BCUT2D eigenvalue weighted by Crippen LogP contribution is 2.42. The number of aliphatic hydroxyl groups is 1. The maximum atomic E-state index is 13.1. The number of aliphatic hydroxyl groups excluding tert-OH is 1. The van der Waals surface area contributed by atoms with E-state index in [2.05, 4.69) is 18.2 Å². The Morgan fingerprint density at radius 1 is 1.24 bits per heavy atom. The van der Waals surface area contributed by atoms with E-state index in [1.54, 1.807) is 7.11 Å². The number of nitrogens with zero attached hydrogens (tertiary/aromatic N) is 1. The van der Waals surface area contributed by atoms with Gasteiger partial charge in [-0.05, 0) is 42.0 Å². The van der Waals surface area contributed by atoms with Crippen molar-refractivity contribution in [2.75, 3.05) is 13.7 Å². The molecule has 1 aliphatic heterocycles. The Kier molecular flexibility index (Phi) is 4.26. The van der Waals surface area contributed by atoms with Gasteiger partial charge in [0.15, 0.2) is 0 Å². The number of carbonyl (C=O) groups excluding carboxylic acids is 1. The van der Waals surface area contributed by atoms with Crippen molar-refractivity contribution in [3.05, 3.63) is 48.0 Å². The van der Waals surface area contributed by atoms with Crippen molar-refractivity contribution in [3.63, 3.8) is 0 Å². The topological polar surface area (TPSA) is 49.8 Å². The highest BCUT2D eigenvalue weighted by molar-refractivity contribution is 5.90. The molecule has 132 valence electrons. The van der Waals surface area contributed by atoms with E-state index < -0.39 is 0 Å². The lowest BCUT2D eigenvalue weighted by Gasteiger charge is -2.42. The SMILES string of the molecule is COC12CCC(O)CC1N(C(=O)Cc1cccc3ccccc13)CC2. The number of carbonyl (C=O) groups is 1. The first kappa shape index (κ1) is 16.6. The molecule has 2 aromatic carbocycles. The number of amides is 1. The first-order chi connectivity index (χ1) is 12.1. The number of benzene rings is 2. The molecular formula is C21H25NO3. The third kappa shape index (κ3) is 2.83. The van der Waals surface area contributed by atoms with Crippen LogP contribution < -0.4 is 0 Å². The molecule has 3 atom stereocenters. The number of fused-ring (bicyclic) bond motifs is 2. The van der Waals surface area contributed by atoms with Gasteiger partial charge in [-0.15, -0.1) is 0 Å². The molecule has 1 N–H and O–H groups in total. The minimum absolute atomic E-state index is 0.0104. The monoisotopic (exact) mass is 339 g/mol. The molecule has 1 aliphatic carbocycles. The molecule has 2 aliphatic rings. The van der Waals surface area contributed by atoms with E-state index in [9.17, 15) is 9.90 Å². The van der Waals surface area contributed by atoms with E-state index in [-0.39, 0.29) is 23.7 Å². The van der Waals surface area contributed by atoms with Crippen molar-refractivity contribution in [1.29, 1.82) is 0 Å². The zero-order chi connectivity index (χ0) is 17.4. The summed E-state index contributed by atoms with van der Waals surface area (Å²) in [5, 5.41) is 12.4. The molecule has 4 nitrogen and oxygen atoms in total. The molecule has 4 rings (SSSR count). The average Bonchev–Trinajstić information content (AvgIpc) is 3.01. The molecule has 1 heterocycles. The lowest BCUT2D eigenvalue weighted by Crippen LogP contribution is -2.53. The molecule has 25 heavy (non-hydrogen) atoms. The zero-order valence-electron chi connectivity index (χ0n) is 14.6. The number of ether oxygens (including phenoxy) is 1. The van der Waals surface area contributed by atoms with E-state index in [4.69, 9.17) is 4.74 Å². The fourth-order valence-electron chi connectivity index (χ4n) is 4.69. The average molecular weight is 339 g/mol. The second-order valence-electron chi connectivity index (χ2n) is 7.37. The minimum Gasteiger partial charge on any atom is -0.393 e. The van der Waals surface area contributed by atoms with E-state index in [1.165, 1.54) is 0 Å². The van der Waals surface area contributed by atoms with Gasteiger partial charge in [-0.25, -0.2) is 0 Å². The predicted molar refractivity (Wildman–Crippen MR) is 97.4 cm³/mol. The third-order valence-electron chi connectivity index (χ3n) is 6.10. The Morgan fingerprint density at radius 2 is 2.04 bits per heavy atom. The van der Waals surface area contributed by atoms with Gasteiger partial charge in [0.2, 0.25) is 5.91 Å². The molecule has 0 radical (unpaired) electrons. The Hall–Kier alpha value is -1.91. The van der Waals surface area contributed by atoms with Crippen LogP contribution in [0.1, 0.15) is 31.2 Å². The number of hydrogen-bond acceptors (Lipinski definition) is 3. The van der Waals surface area contributed by atoms with Crippen LogP contribution in [0, 0.1) is 0 Å². The van der Waals surface area contributed by atoms with Gasteiger partial charge in [-0.3, -0.25) is 4.79 Å². The highest BCUT2D eigenvalue weighted by Gasteiger charge is 2.52. The summed E-state index contributed by atoms with van der Waals surface area (Å²) < 4.78 is 5.85. The first-order valence-electron chi connectivity index (χ1n) is 9.12. The largest absolute Gasteiger partial charge is 0.393 e. The predicted octanol–water partition coefficient (Wildman–Crippen LogP) is 2.91. The number of rotatable bonds is 3. The molecule has 0 spiro atoms. The third-order valence-corrected chi connectivity index (χ3v) is 6.10. The molecular weight excluding hydrogens is 314 g/mol. The van der Waals surface area contributed by atoms with Crippen molar-refractivity contribution in [3.8, 4) is 0 Å². The summed E-state index contributed by atoms with van der Waals surface area (Å²) in [5.41, 5.74) is 0.794. The van der Waals surface area contributed by atoms with E-state index in [1.807, 2.05) is 29.2 Å². The van der Waals surface area contributed by atoms with Gasteiger partial charge >= 0.3 is 0 Å². The van der Waals surface area contributed by atoms with Gasteiger partial charge in [0.1, 0.15) is 0 Å². The first-order valence-corrected chi connectivity index (χ1v) is 9.12. The van der Waals surface area contributed by atoms with Crippen LogP contribution in [0.2, 0.25) is 0 Å². The number of likely N-dealkylation sites (tertiary alicyclic amines) is 1. The Labute approximate surface area is 148 Å². The highest BCUT2D eigenvalue weighted by atomic mass is 16.5. The Bertz CT molecular complexity index is 784. The minimum atomic E-state index is -0.334. The maximum absolute atomic E-state index is 13.1. The van der Waals surface area contributed by atoms with Crippen LogP contribution in [0.4, 0.5) is 0 Å². The van der Waals surface area contributed by atoms with Gasteiger partial charge in [0, 0.05) is 13.7 Å². The fraction of sp³-hybridized carbons (Fsp3) is 0.476. The Morgan fingerprint density at radius 3 is 2.88 bits per heavy atom. The second kappa shape index (κ2) is 6.43. The molecule has 0 aromatic heterocycles. The number of methoxy groups -OCH3 is 1. The van der Waals surface area contributed by atoms with E-state index in [0.29, 0.717) is 12.8 Å². The quantitative estimate of drug-likeness (QED) is 0.935. The van der Waals surface area contributed by atoms with E-state index in [0.717, 1.165) is 42.1 Å². The van der Waals surface area contributed by atoms with Crippen LogP contribution in [0.15, 0.2) is 42.5 Å². The molecule has 1 amide bonds. The van der Waals surface area contributed by atoms with Crippen LogP contribution in [0.3, 0.4) is 0 Å². The van der Waals surface area contributed by atoms with Crippen LogP contribution in [-0.2, 0) is 16.0 Å². The smallest absolute Gasteiger partial charge is 0.227 e. The molecule has 1 saturated carbocycles. The normalized spacial score (nSPS) is 29.0. The summed E-state index contributed by atoms with van der Waals surface area (Å²) in [4.78, 5) is 15.0. The molecule has 3 unspecified atom stereocenters. The van der Waals surface area contributed by atoms with Crippen molar-refractivity contribution >= 4 is 16.7 Å². The van der Waals surface area contributed by atoms with Crippen LogP contribution in [0.25, 0.3) is 10.8 Å². The van der Waals surface area contributed by atoms with Crippen molar-refractivity contribution in [2.24, 2.45) is 0 Å². The zero-order valence-corrected chi connectivity index (χ0v) is 14.6. The molecule has 2 aromatic rings. The lowest BCUT2D eigenvalue weighted by atomic mass is 9.79. The van der Waals surface area contributed by atoms with Crippen molar-refractivity contribution in [2.45, 2.75) is 49.9 Å². The van der Waals surface area contributed by atoms with Gasteiger partial charge in [-0.2, -0.15) is 0 Å². The van der Waals surface area contributed by atoms with Crippen LogP contribution in [0.5, 0.6) is 0 Å². The maximum Gasteiger partial charge on any atom is 0.227 e. The number of hydrogen-bond donors (Lipinski definition) is 1. The van der Waals surface area contributed by atoms with E-state index >= 15 is 0 Å². The summed E-state index contributed by atoms with van der Waals surface area (Å²) in [5.74, 6) is 0.134. The summed E-state index contributed by atoms with van der Waals surface area (Å²) in [6, 6.07) is 14.3. The molecule has 4 heteroatoms. The van der Waals surface area contributed by atoms with Gasteiger partial charge in [0.25, 0.3) is 0 Å². The second-order valence-corrected chi connectivity index (χ2v) is 7.37. The lowest BCUT2D eigenvalue weighted by molar-refractivity contribution is -0.139.